The molecule has 2 heterocycles. The lowest BCUT2D eigenvalue weighted by Crippen LogP contribution is -2.49. The fourth-order valence-electron chi connectivity index (χ4n) is 4.05. The summed E-state index contributed by atoms with van der Waals surface area (Å²) in [5.74, 6) is -0.663. The van der Waals surface area contributed by atoms with E-state index in [0.29, 0.717) is 31.9 Å². The van der Waals surface area contributed by atoms with E-state index in [1.54, 1.807) is 11.9 Å². The lowest BCUT2D eigenvalue weighted by Gasteiger charge is -2.39. The summed E-state index contributed by atoms with van der Waals surface area (Å²) < 4.78 is 40.4. The molecule has 9 heteroatoms. The molecule has 30 heavy (non-hydrogen) atoms. The molecule has 1 N–H and O–H groups in total. The fraction of sp³-hybridized carbons (Fsp3) is 0.429. The minimum atomic E-state index is -4.39. The predicted octanol–water partition coefficient (Wildman–Crippen LogP) is 4.43. The van der Waals surface area contributed by atoms with Gasteiger partial charge in [-0.2, -0.15) is 13.2 Å². The standard InChI is InChI=1S/C21H22F3N3O2S/c1-13-12-26(19-7-4-15(11-25-19)21(22,23)24)8-9-27(13)30-16-5-2-14-3-6-17(20(28)29)18(14)10-16/h2,4-5,7,10-11,13,17H,3,6,8-9,12H2,1H3,(H,28,29). The Labute approximate surface area is 177 Å². The average Bonchev–Trinajstić information content (AvgIpc) is 3.12. The van der Waals surface area contributed by atoms with Crippen LogP contribution in [0.25, 0.3) is 0 Å². The number of nitrogens with zero attached hydrogens (tertiary/aromatic N) is 3. The van der Waals surface area contributed by atoms with Crippen LogP contribution in [0.3, 0.4) is 0 Å². The first kappa shape index (κ1) is 21.0. The van der Waals surface area contributed by atoms with Crippen molar-refractivity contribution < 1.29 is 23.1 Å². The van der Waals surface area contributed by atoms with Gasteiger partial charge in [0.15, 0.2) is 0 Å². The van der Waals surface area contributed by atoms with Crippen LogP contribution in [0, 0.1) is 0 Å². The predicted molar refractivity (Wildman–Crippen MR) is 109 cm³/mol. The molecule has 2 atom stereocenters. The topological polar surface area (TPSA) is 56.7 Å². The van der Waals surface area contributed by atoms with Gasteiger partial charge < -0.3 is 10.0 Å². The Morgan fingerprint density at radius 3 is 2.67 bits per heavy atom. The van der Waals surface area contributed by atoms with Crippen LogP contribution < -0.4 is 4.90 Å². The summed E-state index contributed by atoms with van der Waals surface area (Å²) in [6.45, 7) is 4.08. The van der Waals surface area contributed by atoms with Crippen LogP contribution in [0.1, 0.15) is 36.0 Å². The molecule has 1 aromatic carbocycles. The fourth-order valence-corrected chi connectivity index (χ4v) is 5.05. The first-order valence-electron chi connectivity index (χ1n) is 9.81. The molecule has 2 aliphatic rings. The van der Waals surface area contributed by atoms with Crippen molar-refractivity contribution in [1.29, 1.82) is 0 Å². The third kappa shape index (κ3) is 4.27. The van der Waals surface area contributed by atoms with Gasteiger partial charge in [-0.3, -0.25) is 4.79 Å². The van der Waals surface area contributed by atoms with Gasteiger partial charge in [-0.25, -0.2) is 9.29 Å². The maximum absolute atomic E-state index is 12.7. The molecule has 1 aliphatic heterocycles. The van der Waals surface area contributed by atoms with Crippen LogP contribution >= 0.6 is 11.9 Å². The van der Waals surface area contributed by atoms with Crippen molar-refractivity contribution in [2.75, 3.05) is 24.5 Å². The first-order valence-corrected chi connectivity index (χ1v) is 10.6. The van der Waals surface area contributed by atoms with E-state index in [4.69, 9.17) is 0 Å². The monoisotopic (exact) mass is 437 g/mol. The van der Waals surface area contributed by atoms with Gasteiger partial charge in [0.1, 0.15) is 5.82 Å². The van der Waals surface area contributed by atoms with E-state index in [2.05, 4.69) is 16.2 Å². The molecular weight excluding hydrogens is 415 g/mol. The van der Waals surface area contributed by atoms with E-state index in [0.717, 1.165) is 34.7 Å². The molecule has 5 nitrogen and oxygen atoms in total. The van der Waals surface area contributed by atoms with E-state index >= 15 is 0 Å². The zero-order valence-corrected chi connectivity index (χ0v) is 17.2. The van der Waals surface area contributed by atoms with E-state index in [1.807, 2.05) is 23.1 Å². The van der Waals surface area contributed by atoms with E-state index in [9.17, 15) is 23.1 Å². The minimum absolute atomic E-state index is 0.149. The number of aliphatic carboxylic acids is 1. The Balaban J connectivity index is 1.41. The molecule has 0 amide bonds. The number of alkyl halides is 3. The van der Waals surface area contributed by atoms with Gasteiger partial charge >= 0.3 is 12.1 Å². The van der Waals surface area contributed by atoms with E-state index in [1.165, 1.54) is 6.07 Å². The molecule has 0 saturated carbocycles. The quantitative estimate of drug-likeness (QED) is 0.714. The number of aromatic nitrogens is 1. The summed E-state index contributed by atoms with van der Waals surface area (Å²) in [6, 6.07) is 8.68. The van der Waals surface area contributed by atoms with Crippen LogP contribution in [0.4, 0.5) is 19.0 Å². The van der Waals surface area contributed by atoms with Gasteiger partial charge in [-0.1, -0.05) is 6.07 Å². The van der Waals surface area contributed by atoms with Crippen molar-refractivity contribution >= 4 is 23.7 Å². The number of rotatable bonds is 4. The van der Waals surface area contributed by atoms with Gasteiger partial charge in [0.05, 0.1) is 11.5 Å². The minimum Gasteiger partial charge on any atom is -0.481 e. The Morgan fingerprint density at radius 1 is 1.23 bits per heavy atom. The second-order valence-corrected chi connectivity index (χ2v) is 8.84. The lowest BCUT2D eigenvalue weighted by molar-refractivity contribution is -0.139. The van der Waals surface area contributed by atoms with Gasteiger partial charge in [0.25, 0.3) is 0 Å². The van der Waals surface area contributed by atoms with Crippen LogP contribution in [0.15, 0.2) is 41.4 Å². The van der Waals surface area contributed by atoms with Crippen LogP contribution in [-0.4, -0.2) is 46.0 Å². The molecular formula is C21H22F3N3O2S. The molecule has 160 valence electrons. The highest BCUT2D eigenvalue weighted by atomic mass is 32.2. The number of benzene rings is 1. The van der Waals surface area contributed by atoms with Crippen molar-refractivity contribution in [3.05, 3.63) is 53.2 Å². The summed E-state index contributed by atoms with van der Waals surface area (Å²) in [5.41, 5.74) is 1.27. The van der Waals surface area contributed by atoms with Gasteiger partial charge in [0, 0.05) is 36.8 Å². The molecule has 2 unspecified atom stereocenters. The smallest absolute Gasteiger partial charge is 0.417 e. The third-order valence-electron chi connectivity index (χ3n) is 5.68. The van der Waals surface area contributed by atoms with Gasteiger partial charge in [-0.05, 0) is 67.1 Å². The summed E-state index contributed by atoms with van der Waals surface area (Å²) in [4.78, 5) is 18.5. The number of aryl methyl sites for hydroxylation is 1. The maximum Gasteiger partial charge on any atom is 0.417 e. The highest BCUT2D eigenvalue weighted by molar-refractivity contribution is 7.97. The Morgan fingerprint density at radius 2 is 2.03 bits per heavy atom. The number of carboxylic acid groups (broad SMARTS) is 1. The highest BCUT2D eigenvalue weighted by Crippen LogP contribution is 2.37. The largest absolute Gasteiger partial charge is 0.481 e. The average molecular weight is 437 g/mol. The molecule has 4 rings (SSSR count). The summed E-state index contributed by atoms with van der Waals surface area (Å²) in [7, 11) is 0. The lowest BCUT2D eigenvalue weighted by atomic mass is 10.0. The van der Waals surface area contributed by atoms with Crippen LogP contribution in [0.2, 0.25) is 0 Å². The van der Waals surface area contributed by atoms with Gasteiger partial charge in [-0.15, -0.1) is 0 Å². The van der Waals surface area contributed by atoms with Crippen molar-refractivity contribution in [3.8, 4) is 0 Å². The highest BCUT2D eigenvalue weighted by Gasteiger charge is 2.32. The Hall–Kier alpha value is -2.26. The molecule has 0 radical (unpaired) electrons. The number of halogens is 3. The zero-order valence-electron chi connectivity index (χ0n) is 16.4. The molecule has 0 bridgehead atoms. The second kappa shape index (κ2) is 8.11. The first-order chi connectivity index (χ1) is 14.2. The number of fused-ring (bicyclic) bond motifs is 1. The van der Waals surface area contributed by atoms with Crippen LogP contribution in [-0.2, 0) is 17.4 Å². The number of carboxylic acids is 1. The second-order valence-electron chi connectivity index (χ2n) is 7.72. The molecule has 2 aromatic rings. The SMILES string of the molecule is CC1CN(c2ccc(C(F)(F)F)cn2)CCN1Sc1ccc2c(c1)C(C(=O)O)CC2. The third-order valence-corrected chi connectivity index (χ3v) is 6.92. The molecule has 1 aliphatic carbocycles. The van der Waals surface area contributed by atoms with E-state index in [-0.39, 0.29) is 6.04 Å². The molecule has 1 saturated heterocycles. The van der Waals surface area contributed by atoms with Crippen molar-refractivity contribution in [3.63, 3.8) is 0 Å². The Kier molecular flexibility index (Phi) is 5.67. The number of anilines is 1. The van der Waals surface area contributed by atoms with Crippen molar-refractivity contribution in [2.45, 2.75) is 42.8 Å². The van der Waals surface area contributed by atoms with E-state index < -0.39 is 23.6 Å². The van der Waals surface area contributed by atoms with Crippen molar-refractivity contribution in [2.24, 2.45) is 0 Å². The zero-order chi connectivity index (χ0) is 21.5. The molecule has 0 spiro atoms. The molecule has 1 fully saturated rings. The van der Waals surface area contributed by atoms with Crippen molar-refractivity contribution in [1.82, 2.24) is 9.29 Å². The number of hydrogen-bond acceptors (Lipinski definition) is 5. The van der Waals surface area contributed by atoms with Crippen LogP contribution in [0.5, 0.6) is 0 Å². The molecule has 1 aromatic heterocycles. The maximum atomic E-state index is 12.7. The van der Waals surface area contributed by atoms with Gasteiger partial charge in [0.2, 0.25) is 0 Å². The summed E-state index contributed by atoms with van der Waals surface area (Å²) >= 11 is 1.60. The number of carbonyl (C=O) groups is 1. The number of pyridine rings is 1. The number of piperazine rings is 1. The summed E-state index contributed by atoms with van der Waals surface area (Å²) in [6.07, 6.45) is -2.06. The summed E-state index contributed by atoms with van der Waals surface area (Å²) in [5, 5.41) is 9.42. The number of hydrogen-bond donors (Lipinski definition) is 1. The Bertz CT molecular complexity index is 936. The normalized spacial score (nSPS) is 22.2.